The van der Waals surface area contributed by atoms with E-state index in [1.807, 2.05) is 31.4 Å². The molecule has 2 amide bonds. The molecule has 1 atom stereocenters. The number of thioether (sulfide) groups is 1. The first-order valence-corrected chi connectivity index (χ1v) is 8.15. The zero-order chi connectivity index (χ0) is 15.7. The monoisotopic (exact) mass is 311 g/mol. The van der Waals surface area contributed by atoms with E-state index < -0.39 is 12.0 Å². The molecule has 0 aliphatic heterocycles. The van der Waals surface area contributed by atoms with Crippen LogP contribution in [0, 0.1) is 0 Å². The van der Waals surface area contributed by atoms with Crippen LogP contribution >= 0.6 is 11.8 Å². The molecule has 21 heavy (non-hydrogen) atoms. The van der Waals surface area contributed by atoms with Crippen LogP contribution in [-0.2, 0) is 11.3 Å². The molecule has 0 aromatic carbocycles. The lowest BCUT2D eigenvalue weighted by molar-refractivity contribution is -0.139. The van der Waals surface area contributed by atoms with E-state index in [4.69, 9.17) is 5.11 Å². The van der Waals surface area contributed by atoms with Gasteiger partial charge in [0.25, 0.3) is 0 Å². The Kier molecular flexibility index (Phi) is 7.60. The zero-order valence-electron chi connectivity index (χ0n) is 12.3. The number of carbonyl (C=O) groups excluding carboxylic acids is 1. The maximum Gasteiger partial charge on any atom is 0.326 e. The third-order valence-electron chi connectivity index (χ3n) is 2.95. The molecule has 0 spiro atoms. The lowest BCUT2D eigenvalue weighted by Crippen LogP contribution is -2.48. The van der Waals surface area contributed by atoms with Gasteiger partial charge in [0.15, 0.2) is 0 Å². The van der Waals surface area contributed by atoms with Crippen LogP contribution in [0.25, 0.3) is 0 Å². The van der Waals surface area contributed by atoms with Crippen LogP contribution in [0.2, 0.25) is 0 Å². The Bertz CT molecular complexity index is 456. The first-order valence-electron chi connectivity index (χ1n) is 6.75. The van der Waals surface area contributed by atoms with Gasteiger partial charge in [-0.2, -0.15) is 11.8 Å². The fraction of sp³-hybridized carbons (Fsp3) is 0.500. The molecule has 2 N–H and O–H groups in total. The van der Waals surface area contributed by atoms with E-state index >= 15 is 0 Å². The van der Waals surface area contributed by atoms with Gasteiger partial charge in [0, 0.05) is 12.7 Å². The third-order valence-corrected chi connectivity index (χ3v) is 3.60. The molecule has 1 rings (SSSR count). The van der Waals surface area contributed by atoms with Crippen LogP contribution in [0.5, 0.6) is 0 Å². The van der Waals surface area contributed by atoms with Crippen molar-refractivity contribution in [3.05, 3.63) is 30.1 Å². The van der Waals surface area contributed by atoms with Crippen molar-refractivity contribution < 1.29 is 14.7 Å². The molecule has 6 nitrogen and oxygen atoms in total. The number of pyridine rings is 1. The van der Waals surface area contributed by atoms with Crippen molar-refractivity contribution >= 4 is 23.8 Å². The largest absolute Gasteiger partial charge is 0.480 e. The number of carboxylic acid groups (broad SMARTS) is 1. The predicted molar refractivity (Wildman–Crippen MR) is 83.3 cm³/mol. The van der Waals surface area contributed by atoms with Gasteiger partial charge in [-0.1, -0.05) is 6.07 Å². The van der Waals surface area contributed by atoms with Crippen molar-refractivity contribution in [2.24, 2.45) is 0 Å². The number of hydrogen-bond donors (Lipinski definition) is 2. The Hall–Kier alpha value is -1.76. The normalized spacial score (nSPS) is 11.7. The Balaban J connectivity index is 2.62. The number of aliphatic carboxylic acids is 1. The maximum atomic E-state index is 12.2. The summed E-state index contributed by atoms with van der Waals surface area (Å²) in [5.74, 6) is -0.324. The van der Waals surface area contributed by atoms with E-state index in [9.17, 15) is 9.59 Å². The number of amides is 2. The highest BCUT2D eigenvalue weighted by molar-refractivity contribution is 7.98. The van der Waals surface area contributed by atoms with Crippen molar-refractivity contribution in [2.45, 2.75) is 25.9 Å². The molecule has 0 saturated heterocycles. The van der Waals surface area contributed by atoms with Gasteiger partial charge in [-0.25, -0.2) is 9.59 Å². The molecule has 7 heteroatoms. The minimum absolute atomic E-state index is 0.359. The summed E-state index contributed by atoms with van der Waals surface area (Å²) in [4.78, 5) is 29.0. The average Bonchev–Trinajstić information content (AvgIpc) is 2.49. The first-order chi connectivity index (χ1) is 10.1. The highest BCUT2D eigenvalue weighted by atomic mass is 32.2. The van der Waals surface area contributed by atoms with E-state index in [-0.39, 0.29) is 6.03 Å². The number of nitrogens with one attached hydrogen (secondary N) is 1. The third kappa shape index (κ3) is 6.03. The molecule has 0 aliphatic rings. The number of hydrogen-bond acceptors (Lipinski definition) is 4. The average molecular weight is 311 g/mol. The smallest absolute Gasteiger partial charge is 0.326 e. The first kappa shape index (κ1) is 17.3. The summed E-state index contributed by atoms with van der Waals surface area (Å²) in [5, 5.41) is 11.7. The second-order valence-corrected chi connectivity index (χ2v) is 5.44. The summed E-state index contributed by atoms with van der Waals surface area (Å²) >= 11 is 1.55. The molecule has 1 aromatic rings. The topological polar surface area (TPSA) is 82.5 Å². The second-order valence-electron chi connectivity index (χ2n) is 4.46. The molecule has 1 heterocycles. The van der Waals surface area contributed by atoms with Gasteiger partial charge in [0.2, 0.25) is 0 Å². The van der Waals surface area contributed by atoms with E-state index in [0.717, 1.165) is 5.69 Å². The Morgan fingerprint density at radius 3 is 2.76 bits per heavy atom. The quantitative estimate of drug-likeness (QED) is 0.765. The number of nitrogens with zero attached hydrogens (tertiary/aromatic N) is 2. The second kappa shape index (κ2) is 9.23. The van der Waals surface area contributed by atoms with E-state index in [2.05, 4.69) is 10.3 Å². The van der Waals surface area contributed by atoms with E-state index in [0.29, 0.717) is 25.3 Å². The van der Waals surface area contributed by atoms with Crippen molar-refractivity contribution in [2.75, 3.05) is 18.6 Å². The minimum atomic E-state index is -1.01. The van der Waals surface area contributed by atoms with Crippen LogP contribution in [-0.4, -0.2) is 51.6 Å². The van der Waals surface area contributed by atoms with Crippen molar-refractivity contribution in [3.8, 4) is 0 Å². The van der Waals surface area contributed by atoms with Crippen LogP contribution in [0.15, 0.2) is 24.4 Å². The van der Waals surface area contributed by atoms with Gasteiger partial charge >= 0.3 is 12.0 Å². The van der Waals surface area contributed by atoms with Gasteiger partial charge in [0.1, 0.15) is 6.04 Å². The Morgan fingerprint density at radius 1 is 1.48 bits per heavy atom. The number of aromatic nitrogens is 1. The van der Waals surface area contributed by atoms with E-state index in [1.54, 1.807) is 18.0 Å². The van der Waals surface area contributed by atoms with Gasteiger partial charge in [0.05, 0.1) is 12.2 Å². The minimum Gasteiger partial charge on any atom is -0.480 e. The van der Waals surface area contributed by atoms with Gasteiger partial charge in [-0.15, -0.1) is 0 Å². The maximum absolute atomic E-state index is 12.2. The van der Waals surface area contributed by atoms with Gasteiger partial charge in [-0.3, -0.25) is 4.98 Å². The molecule has 1 aromatic heterocycles. The zero-order valence-corrected chi connectivity index (χ0v) is 13.1. The number of carbonyl (C=O) groups is 2. The fourth-order valence-corrected chi connectivity index (χ4v) is 2.22. The Labute approximate surface area is 128 Å². The molecule has 0 radical (unpaired) electrons. The molecule has 0 fully saturated rings. The highest BCUT2D eigenvalue weighted by Gasteiger charge is 2.22. The van der Waals surface area contributed by atoms with Crippen molar-refractivity contribution in [1.82, 2.24) is 15.2 Å². The van der Waals surface area contributed by atoms with Gasteiger partial charge < -0.3 is 15.3 Å². The predicted octanol–water partition coefficient (Wildman–Crippen LogP) is 1.82. The summed E-state index contributed by atoms with van der Waals surface area (Å²) < 4.78 is 0. The van der Waals surface area contributed by atoms with Crippen LogP contribution < -0.4 is 5.32 Å². The number of rotatable bonds is 8. The Morgan fingerprint density at radius 2 is 2.24 bits per heavy atom. The number of urea groups is 1. The molecule has 116 valence electrons. The fourth-order valence-electron chi connectivity index (χ4n) is 1.75. The van der Waals surface area contributed by atoms with Crippen LogP contribution in [0.4, 0.5) is 4.79 Å². The lowest BCUT2D eigenvalue weighted by atomic mass is 10.2. The van der Waals surface area contributed by atoms with Crippen LogP contribution in [0.1, 0.15) is 19.0 Å². The standard InChI is InChI=1S/C14H21N3O3S/c1-3-17(10-11-6-4-5-8-15-11)14(20)16-12(13(18)19)7-9-21-2/h4-6,8,12H,3,7,9-10H2,1-2H3,(H,16,20)(H,18,19). The number of carboxylic acids is 1. The summed E-state index contributed by atoms with van der Waals surface area (Å²) in [6.07, 6.45) is 3.98. The van der Waals surface area contributed by atoms with Gasteiger partial charge in [-0.05, 0) is 37.5 Å². The van der Waals surface area contributed by atoms with Crippen molar-refractivity contribution in [3.63, 3.8) is 0 Å². The summed E-state index contributed by atoms with van der Waals surface area (Å²) in [5.41, 5.74) is 0.769. The molecule has 0 aliphatic carbocycles. The molecule has 0 bridgehead atoms. The molecule has 1 unspecified atom stereocenters. The summed E-state index contributed by atoms with van der Waals surface area (Å²) in [6.45, 7) is 2.69. The molecular weight excluding hydrogens is 290 g/mol. The lowest BCUT2D eigenvalue weighted by Gasteiger charge is -2.23. The summed E-state index contributed by atoms with van der Waals surface area (Å²) in [6, 6.07) is 4.26. The van der Waals surface area contributed by atoms with E-state index in [1.165, 1.54) is 4.90 Å². The van der Waals surface area contributed by atoms with Crippen LogP contribution in [0.3, 0.4) is 0 Å². The highest BCUT2D eigenvalue weighted by Crippen LogP contribution is 2.05. The molecule has 0 saturated carbocycles. The molecular formula is C14H21N3O3S. The SMILES string of the molecule is CCN(Cc1ccccn1)C(=O)NC(CCSC)C(=O)O. The van der Waals surface area contributed by atoms with Crippen molar-refractivity contribution in [1.29, 1.82) is 0 Å². The summed E-state index contributed by atoms with van der Waals surface area (Å²) in [7, 11) is 0.